The Labute approximate surface area is 165 Å². The minimum atomic E-state index is -1.64. The van der Waals surface area contributed by atoms with Crippen LogP contribution >= 0.6 is 15.9 Å². The van der Waals surface area contributed by atoms with Crippen LogP contribution in [0.3, 0.4) is 0 Å². The number of likely N-dealkylation sites (tertiary alicyclic amines) is 1. The van der Waals surface area contributed by atoms with Crippen molar-refractivity contribution in [3.05, 3.63) is 22.4 Å². The first-order valence-corrected chi connectivity index (χ1v) is 9.05. The summed E-state index contributed by atoms with van der Waals surface area (Å²) in [5.41, 5.74) is 9.32. The van der Waals surface area contributed by atoms with E-state index in [-0.39, 0.29) is 18.7 Å². The van der Waals surface area contributed by atoms with E-state index >= 15 is 0 Å². The largest absolute Gasteiger partial charge is 0.473 e. The number of carbonyl (C=O) groups is 3. The van der Waals surface area contributed by atoms with Gasteiger partial charge >= 0.3 is 6.09 Å². The molecular weight excluding hydrogens is 420 g/mol. The maximum Gasteiger partial charge on any atom is 0.411 e. The van der Waals surface area contributed by atoms with Gasteiger partial charge in [0.25, 0.3) is 5.91 Å². The Morgan fingerprint density at radius 2 is 1.93 bits per heavy atom. The molecule has 0 unspecified atom stereocenters. The van der Waals surface area contributed by atoms with Crippen LogP contribution in [0.15, 0.2) is 16.7 Å². The van der Waals surface area contributed by atoms with Crippen LogP contribution in [0, 0.1) is 6.92 Å². The quantitative estimate of drug-likeness (QED) is 0.672. The van der Waals surface area contributed by atoms with Crippen molar-refractivity contribution in [3.63, 3.8) is 0 Å². The number of ether oxygens (including phenoxy) is 2. The number of aryl methyl sites for hydroxylation is 1. The van der Waals surface area contributed by atoms with Gasteiger partial charge in [0, 0.05) is 12.1 Å². The van der Waals surface area contributed by atoms with Gasteiger partial charge in [0.15, 0.2) is 5.75 Å². The van der Waals surface area contributed by atoms with Crippen LogP contribution in [0.4, 0.5) is 4.79 Å². The van der Waals surface area contributed by atoms with Gasteiger partial charge in [0.1, 0.15) is 16.2 Å². The first-order valence-electron chi connectivity index (χ1n) is 8.26. The average molecular weight is 443 g/mol. The highest BCUT2D eigenvalue weighted by atomic mass is 79.9. The number of nitrogens with zero attached hydrogens (tertiary/aromatic N) is 2. The third-order valence-corrected chi connectivity index (χ3v) is 4.56. The number of halogens is 1. The van der Waals surface area contributed by atoms with Crippen molar-refractivity contribution in [1.82, 2.24) is 9.88 Å². The van der Waals surface area contributed by atoms with Crippen LogP contribution in [0.2, 0.25) is 0 Å². The molecule has 27 heavy (non-hydrogen) atoms. The molecule has 0 saturated carbocycles. The maximum absolute atomic E-state index is 12.5. The highest BCUT2D eigenvalue weighted by molar-refractivity contribution is 9.10. The van der Waals surface area contributed by atoms with Crippen molar-refractivity contribution in [2.24, 2.45) is 11.5 Å². The van der Waals surface area contributed by atoms with Crippen LogP contribution in [0.1, 0.15) is 32.9 Å². The van der Waals surface area contributed by atoms with E-state index < -0.39 is 35.2 Å². The molecule has 2 rings (SSSR count). The minimum absolute atomic E-state index is 0.183. The summed E-state index contributed by atoms with van der Waals surface area (Å²) in [5.74, 6) is -1.35. The molecule has 10 heteroatoms. The number of amides is 3. The topological polar surface area (TPSA) is 138 Å². The van der Waals surface area contributed by atoms with E-state index in [1.807, 2.05) is 0 Å². The second-order valence-corrected chi connectivity index (χ2v) is 8.18. The number of primary amides is 2. The first kappa shape index (κ1) is 20.9. The van der Waals surface area contributed by atoms with Crippen LogP contribution in [-0.4, -0.2) is 51.6 Å². The van der Waals surface area contributed by atoms with E-state index in [2.05, 4.69) is 20.9 Å². The predicted molar refractivity (Wildman–Crippen MR) is 99.8 cm³/mol. The highest BCUT2D eigenvalue weighted by Crippen LogP contribution is 2.35. The van der Waals surface area contributed by atoms with Crippen molar-refractivity contribution in [2.45, 2.75) is 51.4 Å². The molecule has 1 aromatic heterocycles. The standard InChI is InChI=1S/C17H23BrN4O5/c1-9-5-6-11(12(18)21-9)26-17(14(20)24)7-10(13(19)23)22(8-17)15(25)27-16(2,3)4/h5-6,10H,7-8H2,1-4H3,(H2,19,23)(H2,20,24)/t10-,17+/m0/s1. The fraction of sp³-hybridized carbons (Fsp3) is 0.529. The lowest BCUT2D eigenvalue weighted by Gasteiger charge is -2.29. The van der Waals surface area contributed by atoms with E-state index in [0.717, 1.165) is 10.6 Å². The molecule has 1 aliphatic heterocycles. The van der Waals surface area contributed by atoms with Crippen molar-refractivity contribution in [2.75, 3.05) is 6.54 Å². The van der Waals surface area contributed by atoms with E-state index in [1.54, 1.807) is 39.8 Å². The van der Waals surface area contributed by atoms with Gasteiger partial charge in [-0.15, -0.1) is 0 Å². The summed E-state index contributed by atoms with van der Waals surface area (Å²) in [7, 11) is 0. The number of hydrogen-bond acceptors (Lipinski definition) is 6. The molecule has 1 fully saturated rings. The Morgan fingerprint density at radius 1 is 1.30 bits per heavy atom. The SMILES string of the molecule is Cc1ccc(O[C@]2(C(N)=O)C[C@@H](C(N)=O)N(C(=O)OC(C)(C)C)C2)c(Br)n1. The molecule has 0 spiro atoms. The van der Waals surface area contributed by atoms with Gasteiger partial charge in [-0.1, -0.05) is 0 Å². The third kappa shape index (κ3) is 4.68. The number of rotatable bonds is 4. The van der Waals surface area contributed by atoms with Gasteiger partial charge in [0.05, 0.1) is 6.54 Å². The second-order valence-electron chi connectivity index (χ2n) is 7.43. The fourth-order valence-electron chi connectivity index (χ4n) is 2.74. The predicted octanol–water partition coefficient (Wildman–Crippen LogP) is 1.25. The number of hydrogen-bond donors (Lipinski definition) is 2. The Hall–Kier alpha value is -2.36. The molecule has 4 N–H and O–H groups in total. The minimum Gasteiger partial charge on any atom is -0.473 e. The Bertz CT molecular complexity index is 779. The molecule has 1 aliphatic rings. The van der Waals surface area contributed by atoms with Crippen molar-refractivity contribution in [1.29, 1.82) is 0 Å². The van der Waals surface area contributed by atoms with Gasteiger partial charge in [-0.25, -0.2) is 9.78 Å². The van der Waals surface area contributed by atoms with Crippen LogP contribution in [0.25, 0.3) is 0 Å². The molecule has 1 saturated heterocycles. The van der Waals surface area contributed by atoms with Gasteiger partial charge in [-0.05, 0) is 55.8 Å². The van der Waals surface area contributed by atoms with Gasteiger partial charge in [0.2, 0.25) is 11.5 Å². The van der Waals surface area contributed by atoms with Gasteiger partial charge in [-0.3, -0.25) is 14.5 Å². The average Bonchev–Trinajstić information content (AvgIpc) is 2.90. The van der Waals surface area contributed by atoms with E-state index in [0.29, 0.717) is 4.60 Å². The normalized spacial score (nSPS) is 22.4. The zero-order chi connectivity index (χ0) is 20.6. The van der Waals surface area contributed by atoms with Crippen LogP contribution < -0.4 is 16.2 Å². The number of nitrogens with two attached hydrogens (primary N) is 2. The Balaban J connectivity index is 2.38. The van der Waals surface area contributed by atoms with E-state index in [9.17, 15) is 14.4 Å². The molecule has 0 radical (unpaired) electrons. The second kappa shape index (κ2) is 7.34. The summed E-state index contributed by atoms with van der Waals surface area (Å²) < 4.78 is 11.5. The maximum atomic E-state index is 12.5. The molecule has 0 bridgehead atoms. The molecular formula is C17H23BrN4O5. The Morgan fingerprint density at radius 3 is 2.41 bits per heavy atom. The lowest BCUT2D eigenvalue weighted by atomic mass is 9.99. The van der Waals surface area contributed by atoms with Gasteiger partial charge in [-0.2, -0.15) is 0 Å². The summed E-state index contributed by atoms with van der Waals surface area (Å²) in [5, 5.41) is 0. The summed E-state index contributed by atoms with van der Waals surface area (Å²) >= 11 is 3.27. The van der Waals surface area contributed by atoms with Crippen molar-refractivity contribution in [3.8, 4) is 5.75 Å². The number of aromatic nitrogens is 1. The van der Waals surface area contributed by atoms with Crippen LogP contribution in [-0.2, 0) is 14.3 Å². The molecule has 2 heterocycles. The number of pyridine rings is 1. The fourth-order valence-corrected chi connectivity index (χ4v) is 3.23. The van der Waals surface area contributed by atoms with Crippen molar-refractivity contribution >= 4 is 33.8 Å². The summed E-state index contributed by atoms with van der Waals surface area (Å²) in [6.07, 6.45) is -0.962. The lowest BCUT2D eigenvalue weighted by Crippen LogP contribution is -2.52. The van der Waals surface area contributed by atoms with E-state index in [4.69, 9.17) is 20.9 Å². The zero-order valence-electron chi connectivity index (χ0n) is 15.6. The van der Waals surface area contributed by atoms with Crippen LogP contribution in [0.5, 0.6) is 5.75 Å². The zero-order valence-corrected chi connectivity index (χ0v) is 17.2. The molecule has 0 aliphatic carbocycles. The Kier molecular flexibility index (Phi) is 5.69. The summed E-state index contributed by atoms with van der Waals surface area (Å²) in [6.45, 7) is 6.58. The highest BCUT2D eigenvalue weighted by Gasteiger charge is 2.55. The molecule has 2 atom stereocenters. The summed E-state index contributed by atoms with van der Waals surface area (Å²) in [6, 6.07) is 2.22. The van der Waals surface area contributed by atoms with Gasteiger partial charge < -0.3 is 20.9 Å². The lowest BCUT2D eigenvalue weighted by molar-refractivity contribution is -0.132. The molecule has 1 aromatic rings. The molecule has 9 nitrogen and oxygen atoms in total. The number of carbonyl (C=O) groups excluding carboxylic acids is 3. The monoisotopic (exact) mass is 442 g/mol. The summed E-state index contributed by atoms with van der Waals surface area (Å²) in [4.78, 5) is 42.0. The molecule has 3 amide bonds. The molecule has 148 valence electrons. The molecule has 0 aromatic carbocycles. The first-order chi connectivity index (χ1) is 12.3. The van der Waals surface area contributed by atoms with E-state index in [1.165, 1.54) is 0 Å². The smallest absolute Gasteiger partial charge is 0.411 e. The third-order valence-electron chi connectivity index (χ3n) is 3.99. The van der Waals surface area contributed by atoms with Crippen molar-refractivity contribution < 1.29 is 23.9 Å².